The number of carbonyl (C=O) groups excluding carboxylic acids is 1. The molecule has 0 spiro atoms. The van der Waals surface area contributed by atoms with Crippen molar-refractivity contribution < 1.29 is 23.2 Å². The van der Waals surface area contributed by atoms with Crippen molar-refractivity contribution in [1.29, 1.82) is 0 Å². The fraction of sp³-hybridized carbons (Fsp3) is 0.375. The van der Waals surface area contributed by atoms with Gasteiger partial charge in [0.15, 0.2) is 0 Å². The molecule has 1 aromatic heterocycles. The molecule has 1 aromatic carbocycles. The Hall–Kier alpha value is -3.04. The number of nitrogens with zero attached hydrogens (tertiary/aromatic N) is 3. The Kier molecular flexibility index (Phi) is 5.53. The van der Waals surface area contributed by atoms with E-state index in [1.165, 1.54) is 37.6 Å². The van der Waals surface area contributed by atoms with Crippen molar-refractivity contribution in [2.75, 3.05) is 5.32 Å². The van der Waals surface area contributed by atoms with E-state index in [9.17, 15) is 23.7 Å². The van der Waals surface area contributed by atoms with Gasteiger partial charge >= 0.3 is 12.3 Å². The highest BCUT2D eigenvalue weighted by Gasteiger charge is 2.27. The normalized spacial score (nSPS) is 12.1. The van der Waals surface area contributed by atoms with Crippen LogP contribution in [0.3, 0.4) is 0 Å². The molecule has 0 fully saturated rings. The third-order valence-electron chi connectivity index (χ3n) is 3.83. The van der Waals surface area contributed by atoms with Crippen molar-refractivity contribution in [3.05, 3.63) is 45.3 Å². The SMILES string of the molecule is Cc1ccc(NC(=O)C(C)n2nc(C)c([N+](=O)[O-])c2C)c(OC(F)F)c1. The molecule has 8 nitrogen and oxygen atoms in total. The highest BCUT2D eigenvalue weighted by atomic mass is 19.3. The van der Waals surface area contributed by atoms with Crippen molar-refractivity contribution in [2.45, 2.75) is 40.3 Å². The van der Waals surface area contributed by atoms with Gasteiger partial charge < -0.3 is 10.1 Å². The first-order chi connectivity index (χ1) is 12.1. The number of hydrogen-bond acceptors (Lipinski definition) is 5. The Labute approximate surface area is 147 Å². The second-order valence-corrected chi connectivity index (χ2v) is 5.76. The van der Waals surface area contributed by atoms with Crippen LogP contribution < -0.4 is 10.1 Å². The summed E-state index contributed by atoms with van der Waals surface area (Å²) in [5.41, 5.74) is 0.999. The monoisotopic (exact) mass is 368 g/mol. The number of carbonyl (C=O) groups is 1. The summed E-state index contributed by atoms with van der Waals surface area (Å²) in [6.07, 6.45) is 0. The lowest BCUT2D eigenvalue weighted by molar-refractivity contribution is -0.386. The van der Waals surface area contributed by atoms with E-state index in [1.54, 1.807) is 13.0 Å². The molecule has 0 aliphatic carbocycles. The number of aromatic nitrogens is 2. The predicted molar refractivity (Wildman–Crippen MR) is 89.5 cm³/mol. The summed E-state index contributed by atoms with van der Waals surface area (Å²) in [6, 6.07) is 3.55. The lowest BCUT2D eigenvalue weighted by atomic mass is 10.2. The van der Waals surface area contributed by atoms with E-state index >= 15 is 0 Å². The van der Waals surface area contributed by atoms with E-state index in [-0.39, 0.29) is 28.5 Å². The molecule has 0 aliphatic heterocycles. The zero-order valence-corrected chi connectivity index (χ0v) is 14.6. The minimum absolute atomic E-state index is 0.0729. The van der Waals surface area contributed by atoms with Crippen LogP contribution in [-0.4, -0.2) is 27.2 Å². The van der Waals surface area contributed by atoms with E-state index in [0.29, 0.717) is 5.56 Å². The molecule has 0 aliphatic rings. The van der Waals surface area contributed by atoms with Crippen LogP contribution in [0.2, 0.25) is 0 Å². The zero-order valence-electron chi connectivity index (χ0n) is 14.6. The van der Waals surface area contributed by atoms with Gasteiger partial charge in [-0.3, -0.25) is 19.6 Å². The second kappa shape index (κ2) is 7.46. The Morgan fingerprint density at radius 2 is 2.00 bits per heavy atom. The first-order valence-corrected chi connectivity index (χ1v) is 7.68. The molecule has 1 amide bonds. The topological polar surface area (TPSA) is 99.3 Å². The van der Waals surface area contributed by atoms with Crippen LogP contribution in [0, 0.1) is 30.9 Å². The number of amides is 1. The molecular weight excluding hydrogens is 350 g/mol. The molecule has 1 atom stereocenters. The van der Waals surface area contributed by atoms with Gasteiger partial charge in [0, 0.05) is 0 Å². The van der Waals surface area contributed by atoms with Crippen molar-refractivity contribution in [2.24, 2.45) is 0 Å². The van der Waals surface area contributed by atoms with Crippen LogP contribution in [0.1, 0.15) is 29.9 Å². The molecule has 2 rings (SSSR count). The van der Waals surface area contributed by atoms with Crippen molar-refractivity contribution >= 4 is 17.3 Å². The third-order valence-corrected chi connectivity index (χ3v) is 3.83. The summed E-state index contributed by atoms with van der Waals surface area (Å²) in [6.45, 7) is 3.12. The molecule has 140 valence electrons. The molecule has 10 heteroatoms. The van der Waals surface area contributed by atoms with Crippen LogP contribution in [0.5, 0.6) is 5.75 Å². The van der Waals surface area contributed by atoms with Crippen molar-refractivity contribution in [1.82, 2.24) is 9.78 Å². The summed E-state index contributed by atoms with van der Waals surface area (Å²) in [4.78, 5) is 23.0. The number of nitrogens with one attached hydrogen (secondary N) is 1. The highest BCUT2D eigenvalue weighted by molar-refractivity contribution is 5.95. The number of aryl methyl sites for hydroxylation is 2. The van der Waals surface area contributed by atoms with Crippen molar-refractivity contribution in [3.8, 4) is 5.75 Å². The standard InChI is InChI=1S/C16H18F2N4O4/c1-8-5-6-12(13(7-8)26-16(17)18)19-15(23)11(4)21-10(3)14(22(24)25)9(2)20-21/h5-7,11,16H,1-4H3,(H,19,23). The van der Waals surface area contributed by atoms with Crippen LogP contribution >= 0.6 is 0 Å². The first kappa shape index (κ1) is 19.3. The molecule has 0 bridgehead atoms. The Morgan fingerprint density at radius 3 is 2.54 bits per heavy atom. The Morgan fingerprint density at radius 1 is 1.35 bits per heavy atom. The average Bonchev–Trinajstić information content (AvgIpc) is 2.83. The van der Waals surface area contributed by atoms with Crippen LogP contribution in [0.4, 0.5) is 20.2 Å². The summed E-state index contributed by atoms with van der Waals surface area (Å²) < 4.78 is 30.8. The van der Waals surface area contributed by atoms with E-state index in [1.807, 2.05) is 0 Å². The lowest BCUT2D eigenvalue weighted by Crippen LogP contribution is -2.25. The number of hydrogen-bond donors (Lipinski definition) is 1. The molecule has 26 heavy (non-hydrogen) atoms. The third kappa shape index (κ3) is 3.95. The smallest absolute Gasteiger partial charge is 0.387 e. The zero-order chi connectivity index (χ0) is 19.6. The van der Waals surface area contributed by atoms with Gasteiger partial charge in [0.05, 0.1) is 10.6 Å². The number of halogens is 2. The van der Waals surface area contributed by atoms with Gasteiger partial charge in [-0.2, -0.15) is 13.9 Å². The second-order valence-electron chi connectivity index (χ2n) is 5.76. The number of alkyl halides is 2. The summed E-state index contributed by atoms with van der Waals surface area (Å²) in [7, 11) is 0. The maximum absolute atomic E-state index is 12.6. The van der Waals surface area contributed by atoms with Gasteiger partial charge in [-0.15, -0.1) is 0 Å². The molecular formula is C16H18F2N4O4. The largest absolute Gasteiger partial charge is 0.433 e. The fourth-order valence-electron chi connectivity index (χ4n) is 2.57. The fourth-order valence-corrected chi connectivity index (χ4v) is 2.57. The highest BCUT2D eigenvalue weighted by Crippen LogP contribution is 2.29. The molecule has 0 saturated heterocycles. The molecule has 1 unspecified atom stereocenters. The summed E-state index contributed by atoms with van der Waals surface area (Å²) in [5, 5.41) is 17.6. The lowest BCUT2D eigenvalue weighted by Gasteiger charge is -2.16. The van der Waals surface area contributed by atoms with Crippen LogP contribution in [0.15, 0.2) is 18.2 Å². The quantitative estimate of drug-likeness (QED) is 0.621. The van der Waals surface area contributed by atoms with Gasteiger partial charge in [0.1, 0.15) is 23.2 Å². The molecule has 0 radical (unpaired) electrons. The maximum Gasteiger partial charge on any atom is 0.387 e. The predicted octanol–water partition coefficient (Wildman–Crippen LogP) is 3.52. The Balaban J connectivity index is 2.28. The van der Waals surface area contributed by atoms with Gasteiger partial charge in [-0.25, -0.2) is 0 Å². The van der Waals surface area contributed by atoms with Crippen LogP contribution in [0.25, 0.3) is 0 Å². The van der Waals surface area contributed by atoms with Gasteiger partial charge in [0.2, 0.25) is 5.91 Å². The summed E-state index contributed by atoms with van der Waals surface area (Å²) >= 11 is 0. The molecule has 2 aromatic rings. The first-order valence-electron chi connectivity index (χ1n) is 7.68. The molecule has 1 N–H and O–H groups in total. The molecule has 1 heterocycles. The minimum atomic E-state index is -3.04. The number of rotatable bonds is 6. The average molecular weight is 368 g/mol. The Bertz CT molecular complexity index is 851. The van der Waals surface area contributed by atoms with E-state index in [4.69, 9.17) is 0 Å². The van der Waals surface area contributed by atoms with E-state index in [2.05, 4.69) is 15.2 Å². The summed E-state index contributed by atoms with van der Waals surface area (Å²) in [5.74, 6) is -0.742. The number of nitro groups is 1. The van der Waals surface area contributed by atoms with Gasteiger partial charge in [-0.05, 0) is 45.4 Å². The number of benzene rings is 1. The van der Waals surface area contributed by atoms with Gasteiger partial charge in [-0.1, -0.05) is 6.07 Å². The maximum atomic E-state index is 12.6. The van der Waals surface area contributed by atoms with Crippen molar-refractivity contribution in [3.63, 3.8) is 0 Å². The number of anilines is 1. The van der Waals surface area contributed by atoms with E-state index in [0.717, 1.165) is 0 Å². The van der Waals surface area contributed by atoms with Gasteiger partial charge in [0.25, 0.3) is 0 Å². The van der Waals surface area contributed by atoms with E-state index < -0.39 is 23.5 Å². The molecule has 0 saturated carbocycles. The van der Waals surface area contributed by atoms with Crippen LogP contribution in [-0.2, 0) is 4.79 Å². The minimum Gasteiger partial charge on any atom is -0.433 e. The number of ether oxygens (including phenoxy) is 1.